The zero-order chi connectivity index (χ0) is 27.7. The maximum Gasteiger partial charge on any atom is 0.337 e. The lowest BCUT2D eigenvalue weighted by Gasteiger charge is -2.35. The van der Waals surface area contributed by atoms with E-state index in [1.807, 2.05) is 48.1 Å². The molecule has 1 aliphatic heterocycles. The maximum atomic E-state index is 13.4. The van der Waals surface area contributed by atoms with Crippen molar-refractivity contribution < 1.29 is 23.4 Å². The first-order valence-electron chi connectivity index (χ1n) is 12.9. The minimum absolute atomic E-state index is 0.219. The molecule has 0 amide bonds. The number of hydrogen-bond donors (Lipinski definition) is 2. The summed E-state index contributed by atoms with van der Waals surface area (Å²) >= 11 is 0. The molecule has 1 unspecified atom stereocenters. The van der Waals surface area contributed by atoms with Gasteiger partial charge in [0.15, 0.2) is 12.0 Å². The van der Waals surface area contributed by atoms with E-state index in [0.717, 1.165) is 55.7 Å². The fraction of sp³-hybridized carbons (Fsp3) is 0.464. The number of ether oxygens (including phenoxy) is 1. The highest BCUT2D eigenvalue weighted by Crippen LogP contribution is 2.27. The highest BCUT2D eigenvalue weighted by atomic mass is 19.1. The van der Waals surface area contributed by atoms with Crippen LogP contribution in [0.5, 0.6) is 5.75 Å². The van der Waals surface area contributed by atoms with Crippen LogP contribution in [0.2, 0.25) is 0 Å². The van der Waals surface area contributed by atoms with Crippen LogP contribution in [-0.4, -0.2) is 57.8 Å². The number of hydrogen-bond acceptors (Lipinski definition) is 6. The molecule has 2 heterocycles. The van der Waals surface area contributed by atoms with E-state index < -0.39 is 12.1 Å². The van der Waals surface area contributed by atoms with Gasteiger partial charge in [0, 0.05) is 25.2 Å². The van der Waals surface area contributed by atoms with Crippen molar-refractivity contribution in [1.82, 2.24) is 20.1 Å². The maximum absolute atomic E-state index is 13.4. The number of halogens is 2. The average Bonchev–Trinajstić information content (AvgIpc) is 3.29. The van der Waals surface area contributed by atoms with Gasteiger partial charge in [0.05, 0.1) is 6.61 Å². The molecule has 1 aliphatic rings. The van der Waals surface area contributed by atoms with Gasteiger partial charge in [0.2, 0.25) is 5.95 Å². The van der Waals surface area contributed by atoms with Gasteiger partial charge in [-0.25, -0.2) is 18.3 Å². The van der Waals surface area contributed by atoms with Gasteiger partial charge in [-0.3, -0.25) is 0 Å². The highest BCUT2D eigenvalue weighted by molar-refractivity contribution is 5.71. The molecule has 3 aromatic rings. The second-order valence-corrected chi connectivity index (χ2v) is 9.78. The van der Waals surface area contributed by atoms with Crippen molar-refractivity contribution >= 4 is 11.9 Å². The van der Waals surface area contributed by atoms with Crippen molar-refractivity contribution in [2.45, 2.75) is 52.4 Å². The molecule has 1 aromatic heterocycles. The molecule has 1 saturated heterocycles. The second kappa shape index (κ2) is 13.9. The number of carboxylic acids is 1. The largest absolute Gasteiger partial charge is 0.493 e. The third kappa shape index (κ3) is 8.51. The van der Waals surface area contributed by atoms with Crippen LogP contribution < -0.4 is 15.0 Å². The normalized spacial score (nSPS) is 14.5. The molecule has 0 aliphatic carbocycles. The Balaban J connectivity index is 0.000000599. The average molecular weight is 530 g/mol. The molecule has 2 N–H and O–H groups in total. The number of alkyl halides is 1. The van der Waals surface area contributed by atoms with E-state index in [1.165, 1.54) is 12.1 Å². The van der Waals surface area contributed by atoms with Gasteiger partial charge in [0.25, 0.3) is 0 Å². The van der Waals surface area contributed by atoms with E-state index in [9.17, 15) is 13.6 Å². The smallest absolute Gasteiger partial charge is 0.337 e. The summed E-state index contributed by atoms with van der Waals surface area (Å²) < 4.78 is 32.3. The molecule has 10 heteroatoms. The van der Waals surface area contributed by atoms with E-state index in [-0.39, 0.29) is 5.82 Å². The van der Waals surface area contributed by atoms with E-state index in [1.54, 1.807) is 0 Å². The van der Waals surface area contributed by atoms with E-state index >= 15 is 0 Å². The second-order valence-electron chi connectivity index (χ2n) is 9.78. The summed E-state index contributed by atoms with van der Waals surface area (Å²) in [6.45, 7) is 8.56. The van der Waals surface area contributed by atoms with Crippen LogP contribution in [-0.2, 0) is 18.4 Å². The summed E-state index contributed by atoms with van der Waals surface area (Å²) in [6, 6.07) is 15.0. The van der Waals surface area contributed by atoms with Gasteiger partial charge in [-0.1, -0.05) is 26.0 Å². The van der Waals surface area contributed by atoms with Crippen molar-refractivity contribution in [3.63, 3.8) is 0 Å². The first-order valence-corrected chi connectivity index (χ1v) is 12.9. The summed E-state index contributed by atoms with van der Waals surface area (Å²) in [5.74, 6) is 1.23. The van der Waals surface area contributed by atoms with Gasteiger partial charge in [-0.2, -0.15) is 4.98 Å². The van der Waals surface area contributed by atoms with Crippen molar-refractivity contribution in [2.75, 3.05) is 24.6 Å². The Kier molecular flexibility index (Phi) is 10.6. The Morgan fingerprint density at radius 3 is 2.29 bits per heavy atom. The first-order chi connectivity index (χ1) is 18.1. The van der Waals surface area contributed by atoms with Crippen molar-refractivity contribution in [3.8, 4) is 17.1 Å². The number of aryl methyl sites for hydroxylation is 1. The fourth-order valence-electron chi connectivity index (χ4n) is 3.98. The number of piperidine rings is 1. The Labute approximate surface area is 222 Å². The summed E-state index contributed by atoms with van der Waals surface area (Å²) in [7, 11) is 1.94. The number of aromatic nitrogens is 3. The van der Waals surface area contributed by atoms with Gasteiger partial charge in [-0.15, -0.1) is 5.10 Å². The molecule has 38 heavy (non-hydrogen) atoms. The van der Waals surface area contributed by atoms with Gasteiger partial charge in [0.1, 0.15) is 11.6 Å². The van der Waals surface area contributed by atoms with Crippen molar-refractivity contribution in [2.24, 2.45) is 13.0 Å². The molecule has 8 nitrogen and oxygen atoms in total. The fourth-order valence-corrected chi connectivity index (χ4v) is 3.98. The Morgan fingerprint density at radius 1 is 1.13 bits per heavy atom. The third-order valence-electron chi connectivity index (χ3n) is 6.05. The molecule has 0 saturated carbocycles. The third-order valence-corrected chi connectivity index (χ3v) is 6.05. The summed E-state index contributed by atoms with van der Waals surface area (Å²) in [4.78, 5) is 16.5. The van der Waals surface area contributed by atoms with Gasteiger partial charge in [-0.05, 0) is 80.7 Å². The molecule has 1 atom stereocenters. The molecule has 0 bridgehead atoms. The molecule has 2 aromatic carbocycles. The van der Waals surface area contributed by atoms with E-state index in [4.69, 9.17) is 19.9 Å². The molecular weight excluding hydrogens is 492 g/mol. The first kappa shape index (κ1) is 29.0. The van der Waals surface area contributed by atoms with E-state index in [2.05, 4.69) is 24.1 Å². The van der Waals surface area contributed by atoms with Crippen molar-refractivity contribution in [3.05, 3.63) is 59.9 Å². The number of benzene rings is 2. The van der Waals surface area contributed by atoms with Crippen LogP contribution in [0.15, 0.2) is 48.5 Å². The lowest BCUT2D eigenvalue weighted by molar-refractivity contribution is -0.142. The summed E-state index contributed by atoms with van der Waals surface area (Å²) in [5, 5.41) is 15.7. The number of anilines is 1. The van der Waals surface area contributed by atoms with Gasteiger partial charge < -0.3 is 20.1 Å². The number of aliphatic carboxylic acids is 1. The molecule has 206 valence electrons. The number of carboxylic acid groups (broad SMARTS) is 1. The quantitative estimate of drug-likeness (QED) is 0.410. The predicted molar refractivity (Wildman–Crippen MR) is 143 cm³/mol. The molecular formula is C28H37F2N5O3. The summed E-state index contributed by atoms with van der Waals surface area (Å²) in [6.07, 6.45) is 0.335. The van der Waals surface area contributed by atoms with Crippen LogP contribution in [0.1, 0.15) is 39.2 Å². The zero-order valence-corrected chi connectivity index (χ0v) is 22.4. The number of nitrogens with zero attached hydrogens (tertiary/aromatic N) is 4. The standard InChI is InChI=1S/C25H32FN5O.C3H5FO2/c1-18(2)17-32-23-10-6-20(7-11-23)24-28-25(30(3)29-24)31(22-12-14-27-15-13-22)16-19-4-8-21(26)9-5-19;1-2(4)3(5)6/h4-11,18,22,27H,12-17H2,1-3H3;2H,1H3,(H,5,6). The minimum Gasteiger partial charge on any atom is -0.493 e. The zero-order valence-electron chi connectivity index (χ0n) is 22.4. The molecule has 0 radical (unpaired) electrons. The Morgan fingerprint density at radius 2 is 1.74 bits per heavy atom. The topological polar surface area (TPSA) is 92.5 Å². The molecule has 0 spiro atoms. The lowest BCUT2D eigenvalue weighted by atomic mass is 10.0. The number of nitrogens with one attached hydrogen (secondary N) is 1. The number of rotatable bonds is 9. The lowest BCUT2D eigenvalue weighted by Crippen LogP contribution is -2.44. The highest BCUT2D eigenvalue weighted by Gasteiger charge is 2.26. The summed E-state index contributed by atoms with van der Waals surface area (Å²) in [5.41, 5.74) is 2.01. The van der Waals surface area contributed by atoms with Crippen LogP contribution in [0.4, 0.5) is 14.7 Å². The van der Waals surface area contributed by atoms with Gasteiger partial charge >= 0.3 is 5.97 Å². The Bertz CT molecular complexity index is 1140. The number of carbonyl (C=O) groups is 1. The molecule has 4 rings (SSSR count). The Hall–Kier alpha value is -3.53. The van der Waals surface area contributed by atoms with Crippen LogP contribution in [0, 0.1) is 11.7 Å². The SMILES string of the molecule is CC(C)COc1ccc(-c2nc(N(Cc3ccc(F)cc3)C3CCNCC3)n(C)n2)cc1.CC(F)C(=O)O. The monoisotopic (exact) mass is 529 g/mol. The van der Waals surface area contributed by atoms with Crippen LogP contribution in [0.3, 0.4) is 0 Å². The molecule has 1 fully saturated rings. The van der Waals surface area contributed by atoms with E-state index in [0.29, 0.717) is 30.9 Å². The van der Waals surface area contributed by atoms with Crippen LogP contribution >= 0.6 is 0 Å². The minimum atomic E-state index is -1.73. The van der Waals surface area contributed by atoms with Crippen LogP contribution in [0.25, 0.3) is 11.4 Å². The predicted octanol–water partition coefficient (Wildman–Crippen LogP) is 4.84. The van der Waals surface area contributed by atoms with Crippen molar-refractivity contribution in [1.29, 1.82) is 0 Å².